The third-order valence-corrected chi connectivity index (χ3v) is 3.21. The van der Waals surface area contributed by atoms with Crippen LogP contribution < -0.4 is 10.5 Å². The molecule has 0 unspecified atom stereocenters. The van der Waals surface area contributed by atoms with E-state index in [0.29, 0.717) is 11.6 Å². The SMILES string of the molecule is COc1ccc(SCC(C)C)cc1N. The van der Waals surface area contributed by atoms with Crippen LogP contribution in [-0.4, -0.2) is 12.9 Å². The van der Waals surface area contributed by atoms with Crippen LogP contribution in [0.25, 0.3) is 0 Å². The summed E-state index contributed by atoms with van der Waals surface area (Å²) in [5.74, 6) is 2.56. The second kappa shape index (κ2) is 5.15. The summed E-state index contributed by atoms with van der Waals surface area (Å²) < 4.78 is 5.09. The second-order valence-electron chi connectivity index (χ2n) is 3.61. The molecule has 0 radical (unpaired) electrons. The molecule has 1 aromatic rings. The van der Waals surface area contributed by atoms with Gasteiger partial charge in [0.25, 0.3) is 0 Å². The molecule has 2 N–H and O–H groups in total. The van der Waals surface area contributed by atoms with Crippen LogP contribution in [0.1, 0.15) is 13.8 Å². The molecular weight excluding hydrogens is 194 g/mol. The highest BCUT2D eigenvalue weighted by molar-refractivity contribution is 7.99. The van der Waals surface area contributed by atoms with E-state index in [2.05, 4.69) is 13.8 Å². The minimum atomic E-state index is 0.698. The molecule has 0 bridgehead atoms. The average molecular weight is 211 g/mol. The molecule has 0 fully saturated rings. The molecule has 3 heteroatoms. The van der Waals surface area contributed by atoms with E-state index in [1.165, 1.54) is 4.90 Å². The van der Waals surface area contributed by atoms with E-state index in [9.17, 15) is 0 Å². The predicted octanol–water partition coefficient (Wildman–Crippen LogP) is 3.03. The smallest absolute Gasteiger partial charge is 0.141 e. The number of hydrogen-bond donors (Lipinski definition) is 1. The Morgan fingerprint density at radius 1 is 1.43 bits per heavy atom. The first kappa shape index (κ1) is 11.2. The highest BCUT2D eigenvalue weighted by atomic mass is 32.2. The Morgan fingerprint density at radius 3 is 2.64 bits per heavy atom. The summed E-state index contributed by atoms with van der Waals surface area (Å²) in [5, 5.41) is 0. The first-order valence-electron chi connectivity index (χ1n) is 4.69. The van der Waals surface area contributed by atoms with Gasteiger partial charge in [-0.05, 0) is 24.1 Å². The average Bonchev–Trinajstić information content (AvgIpc) is 2.15. The van der Waals surface area contributed by atoms with Crippen LogP contribution in [0.2, 0.25) is 0 Å². The standard InChI is InChI=1S/C11H17NOS/c1-8(2)7-14-9-4-5-11(13-3)10(12)6-9/h4-6,8H,7,12H2,1-3H3. The largest absolute Gasteiger partial charge is 0.495 e. The Hall–Kier alpha value is -0.830. The summed E-state index contributed by atoms with van der Waals surface area (Å²) in [5.41, 5.74) is 6.51. The summed E-state index contributed by atoms with van der Waals surface area (Å²) in [4.78, 5) is 1.21. The van der Waals surface area contributed by atoms with E-state index in [1.54, 1.807) is 7.11 Å². The first-order valence-corrected chi connectivity index (χ1v) is 5.68. The molecule has 0 heterocycles. The zero-order valence-corrected chi connectivity index (χ0v) is 9.73. The topological polar surface area (TPSA) is 35.2 Å². The van der Waals surface area contributed by atoms with E-state index in [1.807, 2.05) is 30.0 Å². The lowest BCUT2D eigenvalue weighted by Crippen LogP contribution is -1.93. The Bertz CT molecular complexity index is 299. The predicted molar refractivity (Wildman–Crippen MR) is 63.0 cm³/mol. The quantitative estimate of drug-likeness (QED) is 0.614. The maximum atomic E-state index is 5.80. The van der Waals surface area contributed by atoms with Crippen LogP contribution in [0.5, 0.6) is 5.75 Å². The Morgan fingerprint density at radius 2 is 2.14 bits per heavy atom. The van der Waals surface area contributed by atoms with E-state index >= 15 is 0 Å². The van der Waals surface area contributed by atoms with Crippen molar-refractivity contribution in [3.63, 3.8) is 0 Å². The number of methoxy groups -OCH3 is 1. The summed E-state index contributed by atoms with van der Waals surface area (Å²) in [7, 11) is 1.63. The third-order valence-electron chi connectivity index (χ3n) is 1.78. The normalized spacial score (nSPS) is 10.6. The van der Waals surface area contributed by atoms with Gasteiger partial charge >= 0.3 is 0 Å². The lowest BCUT2D eigenvalue weighted by molar-refractivity contribution is 0.416. The number of rotatable bonds is 4. The van der Waals surface area contributed by atoms with E-state index < -0.39 is 0 Å². The fourth-order valence-corrected chi connectivity index (χ4v) is 1.97. The molecule has 1 rings (SSSR count). The van der Waals surface area contributed by atoms with E-state index in [0.717, 1.165) is 11.5 Å². The zero-order valence-electron chi connectivity index (χ0n) is 8.91. The molecule has 14 heavy (non-hydrogen) atoms. The first-order chi connectivity index (χ1) is 6.63. The molecule has 0 amide bonds. The molecule has 0 saturated carbocycles. The minimum Gasteiger partial charge on any atom is -0.495 e. The van der Waals surface area contributed by atoms with Crippen molar-refractivity contribution in [2.24, 2.45) is 5.92 Å². The van der Waals surface area contributed by atoms with Crippen molar-refractivity contribution in [2.75, 3.05) is 18.6 Å². The number of benzene rings is 1. The van der Waals surface area contributed by atoms with Crippen LogP contribution >= 0.6 is 11.8 Å². The summed E-state index contributed by atoms with van der Waals surface area (Å²) in [6.07, 6.45) is 0. The van der Waals surface area contributed by atoms with Gasteiger partial charge in [0.1, 0.15) is 5.75 Å². The molecular formula is C11H17NOS. The van der Waals surface area contributed by atoms with Gasteiger partial charge in [-0.15, -0.1) is 11.8 Å². The summed E-state index contributed by atoms with van der Waals surface area (Å²) in [6, 6.07) is 5.92. The van der Waals surface area contributed by atoms with Crippen molar-refractivity contribution >= 4 is 17.4 Å². The van der Waals surface area contributed by atoms with Crippen molar-refractivity contribution in [3.05, 3.63) is 18.2 Å². The van der Waals surface area contributed by atoms with Crippen LogP contribution in [0, 0.1) is 5.92 Å². The number of ether oxygens (including phenoxy) is 1. The van der Waals surface area contributed by atoms with Gasteiger partial charge in [-0.2, -0.15) is 0 Å². The molecule has 0 aliphatic rings. The molecule has 0 aliphatic carbocycles. The van der Waals surface area contributed by atoms with Crippen molar-refractivity contribution < 1.29 is 4.74 Å². The van der Waals surface area contributed by atoms with Crippen LogP contribution in [-0.2, 0) is 0 Å². The summed E-state index contributed by atoms with van der Waals surface area (Å²) in [6.45, 7) is 4.42. The van der Waals surface area contributed by atoms with E-state index in [4.69, 9.17) is 10.5 Å². The fraction of sp³-hybridized carbons (Fsp3) is 0.455. The molecule has 1 aromatic carbocycles. The Kier molecular flexibility index (Phi) is 4.14. The monoisotopic (exact) mass is 211 g/mol. The Labute approximate surface area is 89.8 Å². The van der Waals surface area contributed by atoms with Crippen LogP contribution in [0.4, 0.5) is 5.69 Å². The number of thioether (sulfide) groups is 1. The second-order valence-corrected chi connectivity index (χ2v) is 4.70. The van der Waals surface area contributed by atoms with Gasteiger partial charge in [0, 0.05) is 10.6 Å². The molecule has 0 aromatic heterocycles. The van der Waals surface area contributed by atoms with Gasteiger partial charge < -0.3 is 10.5 Å². The van der Waals surface area contributed by atoms with Gasteiger partial charge in [0.2, 0.25) is 0 Å². The van der Waals surface area contributed by atoms with Crippen molar-refractivity contribution in [1.82, 2.24) is 0 Å². The summed E-state index contributed by atoms with van der Waals surface area (Å²) >= 11 is 1.83. The van der Waals surface area contributed by atoms with Gasteiger partial charge in [0.05, 0.1) is 12.8 Å². The van der Waals surface area contributed by atoms with Crippen molar-refractivity contribution in [2.45, 2.75) is 18.7 Å². The molecule has 2 nitrogen and oxygen atoms in total. The highest BCUT2D eigenvalue weighted by Crippen LogP contribution is 2.28. The van der Waals surface area contributed by atoms with E-state index in [-0.39, 0.29) is 0 Å². The van der Waals surface area contributed by atoms with Crippen LogP contribution in [0.15, 0.2) is 23.1 Å². The fourth-order valence-electron chi connectivity index (χ4n) is 1.07. The van der Waals surface area contributed by atoms with Gasteiger partial charge in [-0.3, -0.25) is 0 Å². The maximum absolute atomic E-state index is 5.80. The number of nitrogens with two attached hydrogens (primary N) is 1. The lowest BCUT2D eigenvalue weighted by atomic mass is 10.3. The third kappa shape index (κ3) is 3.14. The number of nitrogen functional groups attached to an aromatic ring is 1. The maximum Gasteiger partial charge on any atom is 0.141 e. The highest BCUT2D eigenvalue weighted by Gasteiger charge is 2.02. The van der Waals surface area contributed by atoms with Crippen molar-refractivity contribution in [3.8, 4) is 5.75 Å². The molecule has 0 atom stereocenters. The number of anilines is 1. The minimum absolute atomic E-state index is 0.698. The zero-order chi connectivity index (χ0) is 10.6. The van der Waals surface area contributed by atoms with Gasteiger partial charge in [-0.25, -0.2) is 0 Å². The molecule has 0 aliphatic heterocycles. The number of hydrogen-bond acceptors (Lipinski definition) is 3. The Balaban J connectivity index is 2.66. The van der Waals surface area contributed by atoms with Gasteiger partial charge in [0.15, 0.2) is 0 Å². The molecule has 0 saturated heterocycles. The lowest BCUT2D eigenvalue weighted by Gasteiger charge is -2.08. The van der Waals surface area contributed by atoms with Crippen LogP contribution in [0.3, 0.4) is 0 Å². The van der Waals surface area contributed by atoms with Crippen molar-refractivity contribution in [1.29, 1.82) is 0 Å². The molecule has 0 spiro atoms. The van der Waals surface area contributed by atoms with Gasteiger partial charge in [-0.1, -0.05) is 13.8 Å². The molecule has 78 valence electrons.